The van der Waals surface area contributed by atoms with E-state index >= 15 is 0 Å². The van der Waals surface area contributed by atoms with Gasteiger partial charge in [-0.15, -0.1) is 0 Å². The number of nitrogens with two attached hydrogens (primary N) is 1. The van der Waals surface area contributed by atoms with E-state index in [1.165, 1.54) is 0 Å². The highest BCUT2D eigenvalue weighted by Gasteiger charge is 2.21. The SMILES string of the molecule is Cc1cc(CN)nc(OCC(C)(C)N(C)C)n1. The summed E-state index contributed by atoms with van der Waals surface area (Å²) >= 11 is 0. The number of ether oxygens (including phenoxy) is 1. The van der Waals surface area contributed by atoms with E-state index < -0.39 is 0 Å². The Morgan fingerprint density at radius 2 is 2.00 bits per heavy atom. The maximum atomic E-state index is 5.64. The van der Waals surface area contributed by atoms with Crippen LogP contribution in [0, 0.1) is 6.92 Å². The van der Waals surface area contributed by atoms with Gasteiger partial charge in [-0.05, 0) is 40.9 Å². The molecule has 0 saturated heterocycles. The molecule has 0 aliphatic heterocycles. The minimum Gasteiger partial charge on any atom is -0.462 e. The third-order valence-corrected chi connectivity index (χ3v) is 2.86. The van der Waals surface area contributed by atoms with Gasteiger partial charge < -0.3 is 15.4 Å². The van der Waals surface area contributed by atoms with E-state index in [4.69, 9.17) is 10.5 Å². The van der Waals surface area contributed by atoms with Gasteiger partial charge in [0.25, 0.3) is 0 Å². The molecule has 1 heterocycles. The zero-order valence-electron chi connectivity index (χ0n) is 11.3. The second-order valence-electron chi connectivity index (χ2n) is 4.98. The molecular formula is C12H22N4O. The van der Waals surface area contributed by atoms with E-state index in [0.717, 1.165) is 11.4 Å². The lowest BCUT2D eigenvalue weighted by molar-refractivity contribution is 0.107. The van der Waals surface area contributed by atoms with E-state index in [2.05, 4.69) is 28.7 Å². The molecule has 0 spiro atoms. The van der Waals surface area contributed by atoms with E-state index in [-0.39, 0.29) is 5.54 Å². The van der Waals surface area contributed by atoms with Crippen molar-refractivity contribution in [2.24, 2.45) is 5.73 Å². The van der Waals surface area contributed by atoms with Crippen LogP contribution in [0.5, 0.6) is 6.01 Å². The third kappa shape index (κ3) is 3.94. The van der Waals surface area contributed by atoms with Crippen LogP contribution >= 0.6 is 0 Å². The molecule has 1 aromatic heterocycles. The van der Waals surface area contributed by atoms with Crippen molar-refractivity contribution in [3.05, 3.63) is 17.5 Å². The molecule has 0 atom stereocenters. The summed E-state index contributed by atoms with van der Waals surface area (Å²) in [5, 5.41) is 0. The van der Waals surface area contributed by atoms with Crippen molar-refractivity contribution < 1.29 is 4.74 Å². The van der Waals surface area contributed by atoms with Gasteiger partial charge in [0.05, 0.1) is 5.69 Å². The van der Waals surface area contributed by atoms with Crippen molar-refractivity contribution in [1.82, 2.24) is 14.9 Å². The highest BCUT2D eigenvalue weighted by atomic mass is 16.5. The smallest absolute Gasteiger partial charge is 0.316 e. The van der Waals surface area contributed by atoms with Crippen LogP contribution in [-0.2, 0) is 6.54 Å². The lowest BCUT2D eigenvalue weighted by atomic mass is 10.1. The van der Waals surface area contributed by atoms with Gasteiger partial charge in [0, 0.05) is 17.8 Å². The molecule has 0 aliphatic rings. The van der Waals surface area contributed by atoms with Gasteiger partial charge in [0.15, 0.2) is 0 Å². The van der Waals surface area contributed by atoms with Gasteiger partial charge in [0.2, 0.25) is 0 Å². The van der Waals surface area contributed by atoms with Crippen molar-refractivity contribution >= 4 is 0 Å². The molecular weight excluding hydrogens is 216 g/mol. The van der Waals surface area contributed by atoms with Crippen LogP contribution in [0.2, 0.25) is 0 Å². The van der Waals surface area contributed by atoms with Gasteiger partial charge in [0.1, 0.15) is 6.61 Å². The van der Waals surface area contributed by atoms with Crippen molar-refractivity contribution in [2.75, 3.05) is 20.7 Å². The predicted molar refractivity (Wildman–Crippen MR) is 67.9 cm³/mol. The van der Waals surface area contributed by atoms with Crippen LogP contribution < -0.4 is 10.5 Å². The Morgan fingerprint density at radius 1 is 1.35 bits per heavy atom. The lowest BCUT2D eigenvalue weighted by Gasteiger charge is -2.31. The number of hydrogen-bond acceptors (Lipinski definition) is 5. The van der Waals surface area contributed by atoms with E-state index in [0.29, 0.717) is 19.2 Å². The molecule has 0 bridgehead atoms. The number of aromatic nitrogens is 2. The molecule has 0 saturated carbocycles. The van der Waals surface area contributed by atoms with E-state index in [1.807, 2.05) is 27.1 Å². The molecule has 5 heteroatoms. The Bertz CT molecular complexity index is 377. The van der Waals surface area contributed by atoms with Crippen LogP contribution in [0.4, 0.5) is 0 Å². The largest absolute Gasteiger partial charge is 0.462 e. The lowest BCUT2D eigenvalue weighted by Crippen LogP contribution is -2.43. The molecule has 1 aromatic rings. The molecule has 1 rings (SSSR count). The van der Waals surface area contributed by atoms with Crippen LogP contribution in [0.15, 0.2) is 6.07 Å². The second kappa shape index (κ2) is 5.42. The van der Waals surface area contributed by atoms with Gasteiger partial charge in [-0.1, -0.05) is 0 Å². The minimum atomic E-state index is -0.0595. The maximum absolute atomic E-state index is 5.64. The first kappa shape index (κ1) is 13.9. The summed E-state index contributed by atoms with van der Waals surface area (Å²) in [7, 11) is 4.04. The number of nitrogens with zero attached hydrogens (tertiary/aromatic N) is 3. The minimum absolute atomic E-state index is 0.0595. The summed E-state index contributed by atoms with van der Waals surface area (Å²) < 4.78 is 5.64. The average molecular weight is 238 g/mol. The number of hydrogen-bond donors (Lipinski definition) is 1. The molecule has 0 amide bonds. The molecule has 5 nitrogen and oxygen atoms in total. The number of aryl methyl sites for hydroxylation is 1. The number of likely N-dealkylation sites (N-methyl/N-ethyl adjacent to an activating group) is 1. The van der Waals surface area contributed by atoms with Crippen LogP contribution in [0.25, 0.3) is 0 Å². The first-order valence-corrected chi connectivity index (χ1v) is 5.70. The maximum Gasteiger partial charge on any atom is 0.316 e. The zero-order chi connectivity index (χ0) is 13.1. The zero-order valence-corrected chi connectivity index (χ0v) is 11.3. The molecule has 0 fully saturated rings. The van der Waals surface area contributed by atoms with Crippen molar-refractivity contribution in [2.45, 2.75) is 32.9 Å². The van der Waals surface area contributed by atoms with E-state index in [1.54, 1.807) is 0 Å². The fourth-order valence-electron chi connectivity index (χ4n) is 1.14. The summed E-state index contributed by atoms with van der Waals surface area (Å²) in [5.41, 5.74) is 7.18. The molecule has 0 aromatic carbocycles. The second-order valence-corrected chi connectivity index (χ2v) is 4.98. The Labute approximate surface area is 103 Å². The molecule has 96 valence electrons. The Kier molecular flexibility index (Phi) is 4.42. The molecule has 17 heavy (non-hydrogen) atoms. The normalized spacial score (nSPS) is 11.9. The molecule has 2 N–H and O–H groups in total. The topological polar surface area (TPSA) is 64.3 Å². The standard InChI is InChI=1S/C12H22N4O/c1-9-6-10(7-13)15-11(14-9)17-8-12(2,3)16(4)5/h6H,7-8,13H2,1-5H3. The molecule has 0 aliphatic carbocycles. The Hall–Kier alpha value is -1.20. The monoisotopic (exact) mass is 238 g/mol. The third-order valence-electron chi connectivity index (χ3n) is 2.86. The fraction of sp³-hybridized carbons (Fsp3) is 0.667. The van der Waals surface area contributed by atoms with Crippen molar-refractivity contribution in [1.29, 1.82) is 0 Å². The highest BCUT2D eigenvalue weighted by Crippen LogP contribution is 2.13. The van der Waals surface area contributed by atoms with Crippen LogP contribution in [0.1, 0.15) is 25.2 Å². The Balaban J connectivity index is 2.72. The van der Waals surface area contributed by atoms with Gasteiger partial charge in [-0.3, -0.25) is 0 Å². The average Bonchev–Trinajstić information content (AvgIpc) is 2.25. The van der Waals surface area contributed by atoms with Gasteiger partial charge >= 0.3 is 6.01 Å². The summed E-state index contributed by atoms with van der Waals surface area (Å²) in [4.78, 5) is 10.6. The summed E-state index contributed by atoms with van der Waals surface area (Å²) in [5.74, 6) is 0. The summed E-state index contributed by atoms with van der Waals surface area (Å²) in [6, 6.07) is 2.27. The Morgan fingerprint density at radius 3 is 2.53 bits per heavy atom. The molecule has 0 unspecified atom stereocenters. The quantitative estimate of drug-likeness (QED) is 0.828. The van der Waals surface area contributed by atoms with Crippen molar-refractivity contribution in [3.63, 3.8) is 0 Å². The van der Waals surface area contributed by atoms with Crippen LogP contribution in [-0.4, -0.2) is 41.1 Å². The summed E-state index contributed by atoms with van der Waals surface area (Å²) in [6.45, 7) is 7.05. The first-order chi connectivity index (χ1) is 7.85. The molecule has 0 radical (unpaired) electrons. The fourth-order valence-corrected chi connectivity index (χ4v) is 1.14. The summed E-state index contributed by atoms with van der Waals surface area (Å²) in [6.07, 6.45) is 0. The van der Waals surface area contributed by atoms with Gasteiger partial charge in [-0.2, -0.15) is 4.98 Å². The van der Waals surface area contributed by atoms with Crippen LogP contribution in [0.3, 0.4) is 0 Å². The predicted octanol–water partition coefficient (Wildman–Crippen LogP) is 0.963. The highest BCUT2D eigenvalue weighted by molar-refractivity contribution is 5.12. The van der Waals surface area contributed by atoms with E-state index in [9.17, 15) is 0 Å². The first-order valence-electron chi connectivity index (χ1n) is 5.70. The van der Waals surface area contributed by atoms with Crippen molar-refractivity contribution in [3.8, 4) is 6.01 Å². The number of rotatable bonds is 5. The van der Waals surface area contributed by atoms with Gasteiger partial charge in [-0.25, -0.2) is 4.98 Å².